The van der Waals surface area contributed by atoms with Crippen LogP contribution in [0.2, 0.25) is 0 Å². The van der Waals surface area contributed by atoms with Crippen molar-refractivity contribution in [1.29, 1.82) is 0 Å². The Labute approximate surface area is 120 Å². The number of carbonyl (C=O) groups is 2. The Morgan fingerprint density at radius 2 is 1.70 bits per heavy atom. The zero-order valence-corrected chi connectivity index (χ0v) is 12.6. The summed E-state index contributed by atoms with van der Waals surface area (Å²) < 4.78 is 0. The van der Waals surface area contributed by atoms with E-state index in [0.29, 0.717) is 18.5 Å². The molecule has 0 spiro atoms. The number of benzene rings is 1. The molecule has 0 aliphatic rings. The third-order valence-corrected chi connectivity index (χ3v) is 2.91. The van der Waals surface area contributed by atoms with Gasteiger partial charge in [0.05, 0.1) is 0 Å². The number of anilines is 1. The van der Waals surface area contributed by atoms with E-state index in [1.807, 2.05) is 45.0 Å². The Bertz CT molecular complexity index is 490. The molecule has 0 saturated heterocycles. The molecule has 0 aliphatic carbocycles. The second kappa shape index (κ2) is 7.48. The average Bonchev–Trinajstić information content (AvgIpc) is 2.45. The van der Waals surface area contributed by atoms with Crippen LogP contribution >= 0.6 is 0 Å². The van der Waals surface area contributed by atoms with Crippen LogP contribution in [-0.2, 0) is 4.79 Å². The van der Waals surface area contributed by atoms with E-state index >= 15 is 0 Å². The van der Waals surface area contributed by atoms with Crippen LogP contribution in [0, 0.1) is 0 Å². The molecule has 0 fully saturated rings. The number of rotatable bonds is 6. The number of hydrogen-bond donors (Lipinski definition) is 0. The van der Waals surface area contributed by atoms with E-state index in [1.54, 1.807) is 23.2 Å². The predicted molar refractivity (Wildman–Crippen MR) is 81.9 cm³/mol. The van der Waals surface area contributed by atoms with E-state index in [9.17, 15) is 9.59 Å². The van der Waals surface area contributed by atoms with Crippen molar-refractivity contribution < 1.29 is 9.59 Å². The molecule has 4 nitrogen and oxygen atoms in total. The van der Waals surface area contributed by atoms with E-state index in [0.717, 1.165) is 5.69 Å². The fourth-order valence-electron chi connectivity index (χ4n) is 1.81. The van der Waals surface area contributed by atoms with Gasteiger partial charge in [0.25, 0.3) is 0 Å². The molecule has 0 bridgehead atoms. The van der Waals surface area contributed by atoms with Crippen molar-refractivity contribution in [3.8, 4) is 0 Å². The molecule has 1 aromatic rings. The van der Waals surface area contributed by atoms with E-state index in [1.165, 1.54) is 6.08 Å². The number of amides is 1. The quantitative estimate of drug-likeness (QED) is 0.591. The summed E-state index contributed by atoms with van der Waals surface area (Å²) in [4.78, 5) is 27.2. The number of allylic oxidation sites excluding steroid dienone is 1. The van der Waals surface area contributed by atoms with Gasteiger partial charge >= 0.3 is 0 Å². The molecular formula is C16H22N2O2. The zero-order valence-electron chi connectivity index (χ0n) is 12.6. The van der Waals surface area contributed by atoms with E-state index in [4.69, 9.17) is 0 Å². The largest absolute Gasteiger partial charge is 0.383 e. The van der Waals surface area contributed by atoms with E-state index in [2.05, 4.69) is 0 Å². The van der Waals surface area contributed by atoms with Crippen LogP contribution in [0.3, 0.4) is 0 Å². The molecule has 0 aromatic heterocycles. The van der Waals surface area contributed by atoms with Gasteiger partial charge in [0, 0.05) is 50.6 Å². The second-order valence-corrected chi connectivity index (χ2v) is 4.68. The summed E-state index contributed by atoms with van der Waals surface area (Å²) in [6, 6.07) is 7.13. The van der Waals surface area contributed by atoms with Gasteiger partial charge < -0.3 is 9.80 Å². The normalized spacial score (nSPS) is 10.6. The minimum Gasteiger partial charge on any atom is -0.383 e. The molecule has 0 unspecified atom stereocenters. The Morgan fingerprint density at radius 1 is 1.10 bits per heavy atom. The standard InChI is InChI=1S/C16H22N2O2/c1-5-16(20)18(6-2)14-9-7-13(8-10-14)15(19)11-12-17(3)4/h7-12H,5-6H2,1-4H3. The van der Waals surface area contributed by atoms with Gasteiger partial charge in [-0.25, -0.2) is 0 Å². The number of ketones is 1. The van der Waals surface area contributed by atoms with Gasteiger partial charge in [0.15, 0.2) is 5.78 Å². The first-order valence-corrected chi connectivity index (χ1v) is 6.79. The van der Waals surface area contributed by atoms with Crippen molar-refractivity contribution in [1.82, 2.24) is 4.90 Å². The Kier molecular flexibility index (Phi) is 5.97. The van der Waals surface area contributed by atoms with Crippen LogP contribution in [-0.4, -0.2) is 37.2 Å². The van der Waals surface area contributed by atoms with Gasteiger partial charge in [-0.2, -0.15) is 0 Å². The van der Waals surface area contributed by atoms with Crippen LogP contribution in [0.5, 0.6) is 0 Å². The highest BCUT2D eigenvalue weighted by molar-refractivity contribution is 6.04. The molecule has 0 radical (unpaired) electrons. The Hall–Kier alpha value is -2.10. The van der Waals surface area contributed by atoms with Crippen LogP contribution in [0.25, 0.3) is 0 Å². The molecule has 1 aromatic carbocycles. The maximum atomic E-state index is 11.9. The van der Waals surface area contributed by atoms with E-state index in [-0.39, 0.29) is 11.7 Å². The minimum absolute atomic E-state index is 0.0462. The van der Waals surface area contributed by atoms with Gasteiger partial charge in [-0.1, -0.05) is 6.92 Å². The van der Waals surface area contributed by atoms with Crippen molar-refractivity contribution in [2.24, 2.45) is 0 Å². The maximum Gasteiger partial charge on any atom is 0.226 e. The first kappa shape index (κ1) is 16.0. The topological polar surface area (TPSA) is 40.6 Å². The Balaban J connectivity index is 2.88. The highest BCUT2D eigenvalue weighted by Gasteiger charge is 2.12. The van der Waals surface area contributed by atoms with Crippen molar-refractivity contribution >= 4 is 17.4 Å². The third kappa shape index (κ3) is 4.23. The summed E-state index contributed by atoms with van der Waals surface area (Å²) >= 11 is 0. The SMILES string of the molecule is CCC(=O)N(CC)c1ccc(C(=O)C=CN(C)C)cc1. The summed E-state index contributed by atoms with van der Waals surface area (Å²) in [6.07, 6.45) is 3.72. The first-order chi connectivity index (χ1) is 9.49. The second-order valence-electron chi connectivity index (χ2n) is 4.68. The molecule has 4 heteroatoms. The minimum atomic E-state index is -0.0462. The average molecular weight is 274 g/mol. The highest BCUT2D eigenvalue weighted by Crippen LogP contribution is 2.16. The van der Waals surface area contributed by atoms with Gasteiger partial charge in [-0.3, -0.25) is 9.59 Å². The first-order valence-electron chi connectivity index (χ1n) is 6.79. The van der Waals surface area contributed by atoms with Crippen LogP contribution in [0.1, 0.15) is 30.6 Å². The van der Waals surface area contributed by atoms with Gasteiger partial charge in [0.2, 0.25) is 5.91 Å². The predicted octanol–water partition coefficient (Wildman–Crippen LogP) is 2.71. The molecular weight excluding hydrogens is 252 g/mol. The van der Waals surface area contributed by atoms with Gasteiger partial charge in [-0.05, 0) is 31.2 Å². The fraction of sp³-hybridized carbons (Fsp3) is 0.375. The lowest BCUT2D eigenvalue weighted by Gasteiger charge is -2.20. The molecule has 0 N–H and O–H groups in total. The van der Waals surface area contributed by atoms with E-state index < -0.39 is 0 Å². The molecule has 0 saturated carbocycles. The molecule has 0 aliphatic heterocycles. The van der Waals surface area contributed by atoms with Crippen molar-refractivity contribution in [3.63, 3.8) is 0 Å². The molecule has 108 valence electrons. The molecule has 0 atom stereocenters. The lowest BCUT2D eigenvalue weighted by Crippen LogP contribution is -2.29. The lowest BCUT2D eigenvalue weighted by atomic mass is 10.1. The summed E-state index contributed by atoms with van der Waals surface area (Å²) in [5.41, 5.74) is 1.44. The van der Waals surface area contributed by atoms with Crippen molar-refractivity contribution in [3.05, 3.63) is 42.1 Å². The maximum absolute atomic E-state index is 11.9. The monoisotopic (exact) mass is 274 g/mol. The lowest BCUT2D eigenvalue weighted by molar-refractivity contribution is -0.118. The highest BCUT2D eigenvalue weighted by atomic mass is 16.2. The number of hydrogen-bond acceptors (Lipinski definition) is 3. The van der Waals surface area contributed by atoms with Crippen LogP contribution in [0.4, 0.5) is 5.69 Å². The van der Waals surface area contributed by atoms with Crippen molar-refractivity contribution in [2.75, 3.05) is 25.5 Å². The Morgan fingerprint density at radius 3 is 2.15 bits per heavy atom. The zero-order chi connectivity index (χ0) is 15.1. The summed E-state index contributed by atoms with van der Waals surface area (Å²) in [6.45, 7) is 4.40. The number of carbonyl (C=O) groups excluding carboxylic acids is 2. The van der Waals surface area contributed by atoms with Crippen LogP contribution in [0.15, 0.2) is 36.5 Å². The van der Waals surface area contributed by atoms with Crippen LogP contribution < -0.4 is 4.90 Å². The fourth-order valence-corrected chi connectivity index (χ4v) is 1.81. The summed E-state index contributed by atoms with van der Waals surface area (Å²) in [5.74, 6) is 0.0363. The molecule has 20 heavy (non-hydrogen) atoms. The van der Waals surface area contributed by atoms with Gasteiger partial charge in [0.1, 0.15) is 0 Å². The molecule has 1 amide bonds. The van der Waals surface area contributed by atoms with Gasteiger partial charge in [-0.15, -0.1) is 0 Å². The smallest absolute Gasteiger partial charge is 0.226 e. The molecule has 0 heterocycles. The number of nitrogens with zero attached hydrogens (tertiary/aromatic N) is 2. The summed E-state index contributed by atoms with van der Waals surface area (Å²) in [5, 5.41) is 0. The third-order valence-electron chi connectivity index (χ3n) is 2.91. The van der Waals surface area contributed by atoms with Crippen molar-refractivity contribution in [2.45, 2.75) is 20.3 Å². The summed E-state index contributed by atoms with van der Waals surface area (Å²) in [7, 11) is 3.73. The molecule has 1 rings (SSSR count).